The van der Waals surface area contributed by atoms with Gasteiger partial charge < -0.3 is 0 Å². The van der Waals surface area contributed by atoms with E-state index in [1.165, 1.54) is 33.4 Å². The average molecular weight is 1110 g/mol. The number of hydrogen-bond acceptors (Lipinski definition) is 0. The summed E-state index contributed by atoms with van der Waals surface area (Å²) in [6, 6.07) is 25.4. The van der Waals surface area contributed by atoms with E-state index in [0.717, 1.165) is 0 Å². The molecule has 22 heteroatoms. The largest absolute Gasteiger partial charge is 1.00 e. The van der Waals surface area contributed by atoms with Crippen LogP contribution in [0.2, 0.25) is 0 Å². The van der Waals surface area contributed by atoms with E-state index in [4.69, 9.17) is 0 Å². The minimum Gasteiger partial charge on any atom is -0.207 e. The molecule has 0 atom stereocenters. The van der Waals surface area contributed by atoms with Crippen molar-refractivity contribution < 1.29 is 110 Å². The van der Waals surface area contributed by atoms with Crippen LogP contribution in [0.15, 0.2) is 72.8 Å². The Morgan fingerprint density at radius 3 is 0.371 bits per heavy atom. The van der Waals surface area contributed by atoms with Gasteiger partial charge in [-0.25, -0.2) is 87.8 Å². The van der Waals surface area contributed by atoms with E-state index in [1.54, 1.807) is 0 Å². The van der Waals surface area contributed by atoms with Gasteiger partial charge in [-0.2, -0.15) is 0 Å². The van der Waals surface area contributed by atoms with Crippen LogP contribution >= 0.6 is 0 Å². The van der Waals surface area contributed by atoms with Gasteiger partial charge in [-0.15, -0.1) is 21.9 Å². The van der Waals surface area contributed by atoms with Crippen LogP contribution in [-0.4, -0.2) is 6.15 Å². The predicted octanol–water partition coefficient (Wildman–Crippen LogP) is 12.8. The Morgan fingerprint density at radius 1 is 0.186 bits per heavy atom. The quantitative estimate of drug-likeness (QED) is 0.0713. The molecule has 0 aliphatic rings. The summed E-state index contributed by atoms with van der Waals surface area (Å²) in [5.41, 5.74) is -6.35. The molecule has 0 saturated carbocycles. The molecule has 0 heterocycles. The molecule has 7 rings (SSSR count). The van der Waals surface area contributed by atoms with Crippen molar-refractivity contribution in [2.75, 3.05) is 0 Å². The van der Waals surface area contributed by atoms with E-state index in [2.05, 4.69) is 114 Å². The van der Waals surface area contributed by atoms with Gasteiger partial charge in [0, 0.05) is 0 Å². The minimum atomic E-state index is -7.22. The molecule has 0 saturated heterocycles. The first-order valence-electron chi connectivity index (χ1n) is 19.4. The number of benzene rings is 7. The summed E-state index contributed by atoms with van der Waals surface area (Å²) in [6.07, 6.45) is -7.22. The van der Waals surface area contributed by atoms with Crippen LogP contribution in [0.1, 0.15) is 33.4 Å². The van der Waals surface area contributed by atoms with Crippen molar-refractivity contribution >= 4 is 28.0 Å². The number of aryl methyl sites for hydroxylation is 6. The molecule has 0 fully saturated rings. The molecule has 7 aromatic carbocycles. The fourth-order valence-electron chi connectivity index (χ4n) is 6.78. The number of halogens is 20. The summed E-state index contributed by atoms with van der Waals surface area (Å²) in [5, 5.41) is 0. The van der Waals surface area contributed by atoms with E-state index >= 15 is 35.1 Å². The van der Waals surface area contributed by atoms with Gasteiger partial charge in [0.2, 0.25) is 0 Å². The third kappa shape index (κ3) is 11.1. The third-order valence-electron chi connectivity index (χ3n) is 10.4. The third-order valence-corrected chi connectivity index (χ3v) is 10.4. The Morgan fingerprint density at radius 2 is 0.271 bits per heavy atom. The first kappa shape index (κ1) is 58.3. The standard InChI is InChI=1S/C24BF20.3C8H10.Ag/c26-5-1(6(27)14(35)21(42)13(5)34)25(2-7(28)15(36)22(43)16(37)8(2)29,3-9(30)17(38)23(44)18(39)10(3)31)4-11(32)19(40)24(45)20(41)12(4)33;3*1-7-3-5-8(2)6-4-7;/h;3*3-6H,1-2H3;/q-1;;;;+1. The van der Waals surface area contributed by atoms with Crippen LogP contribution in [0.5, 0.6) is 0 Å². The van der Waals surface area contributed by atoms with Crippen molar-refractivity contribution in [3.63, 3.8) is 0 Å². The van der Waals surface area contributed by atoms with Crippen LogP contribution in [0, 0.1) is 158 Å². The first-order valence-corrected chi connectivity index (χ1v) is 19.4. The van der Waals surface area contributed by atoms with Gasteiger partial charge in [-0.3, -0.25) is 0 Å². The number of hydrogen-bond donors (Lipinski definition) is 0. The molecule has 0 aliphatic carbocycles. The van der Waals surface area contributed by atoms with Crippen LogP contribution in [0.25, 0.3) is 0 Å². The summed E-state index contributed by atoms with van der Waals surface area (Å²) in [5.74, 6) is -71.4. The molecule has 7 aromatic rings. The molecule has 0 aliphatic heterocycles. The Hall–Kier alpha value is -6.05. The molecule has 0 radical (unpaired) electrons. The van der Waals surface area contributed by atoms with E-state index in [9.17, 15) is 52.7 Å². The van der Waals surface area contributed by atoms with E-state index in [1.807, 2.05) is 0 Å². The zero-order valence-electron chi connectivity index (χ0n) is 36.4. The van der Waals surface area contributed by atoms with Crippen LogP contribution < -0.4 is 21.9 Å². The molecule has 0 amide bonds. The van der Waals surface area contributed by atoms with Crippen molar-refractivity contribution in [2.24, 2.45) is 0 Å². The summed E-state index contributed by atoms with van der Waals surface area (Å²) in [4.78, 5) is 0. The van der Waals surface area contributed by atoms with Crippen LogP contribution in [0.4, 0.5) is 87.8 Å². The molecule has 0 N–H and O–H groups in total. The smallest absolute Gasteiger partial charge is 0.207 e. The molecule has 0 spiro atoms. The SMILES string of the molecule is Cc1ccc(C)cc1.Cc1ccc(C)cc1.Cc1ccc(C)cc1.Fc1c(F)c(F)c([B-](c2c(F)c(F)c(F)c(F)c2F)(c2c(F)c(F)c(F)c(F)c2F)c2c(F)c(F)c(F)c(F)c2F)c(F)c1F.[Ag+]. The maximum absolute atomic E-state index is 15.4. The summed E-state index contributed by atoms with van der Waals surface area (Å²) in [6.45, 7) is 12.6. The van der Waals surface area contributed by atoms with Crippen molar-refractivity contribution in [1.82, 2.24) is 0 Å². The van der Waals surface area contributed by atoms with Gasteiger partial charge in [0.25, 0.3) is 0 Å². The average Bonchev–Trinajstić information content (AvgIpc) is 3.32. The second-order valence-electron chi connectivity index (χ2n) is 15.3. The Balaban J connectivity index is 0.000000415. The normalized spacial score (nSPS) is 10.9. The Labute approximate surface area is 401 Å². The second-order valence-corrected chi connectivity index (χ2v) is 15.3. The van der Waals surface area contributed by atoms with Gasteiger partial charge in [0.1, 0.15) is 52.7 Å². The summed E-state index contributed by atoms with van der Waals surface area (Å²) < 4.78 is 294. The van der Waals surface area contributed by atoms with Gasteiger partial charge in [0.15, 0.2) is 69.8 Å². The minimum absolute atomic E-state index is 0. The zero-order valence-corrected chi connectivity index (χ0v) is 37.8. The maximum atomic E-state index is 15.4. The second kappa shape index (κ2) is 23.2. The monoisotopic (exact) mass is 1100 g/mol. The molecule has 376 valence electrons. The van der Waals surface area contributed by atoms with Gasteiger partial charge in [-0.05, 0) is 41.5 Å². The molecular formula is C48H30AgBF20. The molecule has 0 unspecified atom stereocenters. The van der Waals surface area contributed by atoms with Gasteiger partial charge in [0.05, 0.1) is 0 Å². The zero-order chi connectivity index (χ0) is 52.3. The van der Waals surface area contributed by atoms with Crippen molar-refractivity contribution in [3.8, 4) is 0 Å². The van der Waals surface area contributed by atoms with Gasteiger partial charge in [-0.1, -0.05) is 106 Å². The fraction of sp³-hybridized carbons (Fsp3) is 0.125. The van der Waals surface area contributed by atoms with Gasteiger partial charge >= 0.3 is 22.4 Å². The first-order chi connectivity index (χ1) is 32.1. The number of rotatable bonds is 4. The van der Waals surface area contributed by atoms with E-state index < -0.39 is 144 Å². The van der Waals surface area contributed by atoms with E-state index in [0.29, 0.717) is 0 Å². The molecular weight excluding hydrogens is 1080 g/mol. The topological polar surface area (TPSA) is 0 Å². The molecule has 0 nitrogen and oxygen atoms in total. The van der Waals surface area contributed by atoms with E-state index in [-0.39, 0.29) is 22.4 Å². The maximum Gasteiger partial charge on any atom is 1.00 e. The summed E-state index contributed by atoms with van der Waals surface area (Å²) in [7, 11) is 0. The Bertz CT molecular complexity index is 2480. The Kier molecular flexibility index (Phi) is 19.3. The molecule has 70 heavy (non-hydrogen) atoms. The predicted molar refractivity (Wildman–Crippen MR) is 217 cm³/mol. The fourth-order valence-corrected chi connectivity index (χ4v) is 6.78. The summed E-state index contributed by atoms with van der Waals surface area (Å²) >= 11 is 0. The van der Waals surface area contributed by atoms with Crippen molar-refractivity contribution in [1.29, 1.82) is 0 Å². The van der Waals surface area contributed by atoms with Crippen LogP contribution in [0.3, 0.4) is 0 Å². The molecule has 0 bridgehead atoms. The molecule has 0 aromatic heterocycles. The van der Waals surface area contributed by atoms with Crippen molar-refractivity contribution in [3.05, 3.63) is 223 Å². The van der Waals surface area contributed by atoms with Crippen molar-refractivity contribution in [2.45, 2.75) is 41.5 Å². The van der Waals surface area contributed by atoms with Crippen LogP contribution in [-0.2, 0) is 22.4 Å².